The van der Waals surface area contributed by atoms with Crippen LogP contribution in [0.2, 0.25) is 5.02 Å². The number of nitrogens with one attached hydrogen (secondary N) is 2. The molecule has 1 unspecified atom stereocenters. The second-order valence-corrected chi connectivity index (χ2v) is 5.80. The van der Waals surface area contributed by atoms with Crippen molar-refractivity contribution in [2.24, 2.45) is 0 Å². The highest BCUT2D eigenvalue weighted by molar-refractivity contribution is 6.31. The Kier molecular flexibility index (Phi) is 4.17. The molecule has 2 heterocycles. The first-order chi connectivity index (χ1) is 11.8. The van der Waals surface area contributed by atoms with E-state index in [0.717, 1.165) is 18.2 Å². The first kappa shape index (κ1) is 16.9. The number of carbonyl (C=O) groups is 2. The van der Waals surface area contributed by atoms with E-state index in [1.807, 2.05) is 0 Å². The van der Waals surface area contributed by atoms with Crippen LogP contribution in [0.3, 0.4) is 0 Å². The van der Waals surface area contributed by atoms with Gasteiger partial charge in [0.1, 0.15) is 29.8 Å². The van der Waals surface area contributed by atoms with Crippen LogP contribution >= 0.6 is 11.6 Å². The Morgan fingerprint density at radius 2 is 2.20 bits per heavy atom. The predicted molar refractivity (Wildman–Crippen MR) is 85.9 cm³/mol. The van der Waals surface area contributed by atoms with Gasteiger partial charge in [-0.1, -0.05) is 11.6 Å². The molecule has 1 aliphatic heterocycles. The van der Waals surface area contributed by atoms with E-state index in [4.69, 9.17) is 11.6 Å². The van der Waals surface area contributed by atoms with E-state index in [1.54, 1.807) is 0 Å². The summed E-state index contributed by atoms with van der Waals surface area (Å²) in [4.78, 5) is 34.9. The van der Waals surface area contributed by atoms with Crippen LogP contribution in [-0.4, -0.2) is 28.4 Å². The maximum Gasteiger partial charge on any atom is 0.293 e. The summed E-state index contributed by atoms with van der Waals surface area (Å²) in [6, 6.07) is 3.57. The van der Waals surface area contributed by atoms with Gasteiger partial charge in [-0.05, 0) is 18.2 Å². The molecule has 130 valence electrons. The molecule has 1 atom stereocenters. The molecule has 2 N–H and O–H groups in total. The molecule has 1 aromatic carbocycles. The van der Waals surface area contributed by atoms with Crippen LogP contribution in [0.4, 0.5) is 10.1 Å². The molecule has 25 heavy (non-hydrogen) atoms. The number of hydrogen-bond acceptors (Lipinski definition) is 4. The van der Waals surface area contributed by atoms with Crippen LogP contribution in [-0.2, 0) is 11.3 Å². The summed E-state index contributed by atoms with van der Waals surface area (Å²) in [7, 11) is 1.37. The van der Waals surface area contributed by atoms with Crippen molar-refractivity contribution in [3.63, 3.8) is 0 Å². The van der Waals surface area contributed by atoms with Crippen LogP contribution in [0, 0.1) is 15.9 Å². The van der Waals surface area contributed by atoms with E-state index >= 15 is 0 Å². The van der Waals surface area contributed by atoms with Gasteiger partial charge in [0.15, 0.2) is 0 Å². The van der Waals surface area contributed by atoms with Crippen LogP contribution in [0.15, 0.2) is 24.3 Å². The summed E-state index contributed by atoms with van der Waals surface area (Å²) in [6.45, 7) is -0.268. The summed E-state index contributed by atoms with van der Waals surface area (Å²) in [5, 5.41) is 16.5. The van der Waals surface area contributed by atoms with Crippen molar-refractivity contribution in [2.45, 2.75) is 12.6 Å². The summed E-state index contributed by atoms with van der Waals surface area (Å²) >= 11 is 6.10. The van der Waals surface area contributed by atoms with Crippen LogP contribution < -0.4 is 10.6 Å². The van der Waals surface area contributed by atoms with Crippen molar-refractivity contribution in [2.75, 3.05) is 7.05 Å². The SMILES string of the molecule is CNC(=O)c1cc([N+](=O)[O-])c2n1CC(=O)NC2c1cc(F)ccc1Cl. The number of carbonyl (C=O) groups excluding carboxylic acids is 2. The standard InChI is InChI=1S/C15H12ClFN4O4/c1-18-15(23)11-5-10(21(24)25)14-13(19-12(22)6-20(11)14)8-4-7(17)2-3-9(8)16/h2-5,13H,6H2,1H3,(H,18,23)(H,19,22). The lowest BCUT2D eigenvalue weighted by atomic mass is 10.0. The highest BCUT2D eigenvalue weighted by Crippen LogP contribution is 2.38. The molecule has 0 fully saturated rings. The molecule has 0 radical (unpaired) electrons. The van der Waals surface area contributed by atoms with E-state index in [-0.39, 0.29) is 34.2 Å². The fraction of sp³-hybridized carbons (Fsp3) is 0.200. The number of aromatic nitrogens is 1. The Labute approximate surface area is 145 Å². The van der Waals surface area contributed by atoms with Crippen molar-refractivity contribution in [1.82, 2.24) is 15.2 Å². The molecule has 1 aromatic heterocycles. The fourth-order valence-corrected chi connectivity index (χ4v) is 3.09. The normalized spacial score (nSPS) is 16.1. The molecule has 0 saturated carbocycles. The molecule has 0 saturated heterocycles. The zero-order valence-corrected chi connectivity index (χ0v) is 13.6. The number of nitro groups is 1. The van der Waals surface area contributed by atoms with Crippen molar-refractivity contribution < 1.29 is 18.9 Å². The van der Waals surface area contributed by atoms with Gasteiger partial charge in [0.2, 0.25) is 5.91 Å². The van der Waals surface area contributed by atoms with Gasteiger partial charge in [-0.25, -0.2) is 4.39 Å². The molecule has 2 aromatic rings. The molecular weight excluding hydrogens is 355 g/mol. The van der Waals surface area contributed by atoms with Gasteiger partial charge in [0, 0.05) is 23.7 Å². The van der Waals surface area contributed by atoms with Gasteiger partial charge in [0.25, 0.3) is 11.6 Å². The number of hydrogen-bond donors (Lipinski definition) is 2. The minimum absolute atomic E-state index is 0.0309. The maximum absolute atomic E-state index is 13.6. The molecule has 0 aliphatic carbocycles. The third-order valence-corrected chi connectivity index (χ3v) is 4.27. The molecular formula is C15H12ClFN4O4. The van der Waals surface area contributed by atoms with Gasteiger partial charge in [-0.15, -0.1) is 0 Å². The first-order valence-electron chi connectivity index (χ1n) is 7.17. The number of rotatable bonds is 3. The predicted octanol–water partition coefficient (Wildman–Crippen LogP) is 1.77. The Morgan fingerprint density at radius 1 is 1.48 bits per heavy atom. The minimum Gasteiger partial charge on any atom is -0.354 e. The lowest BCUT2D eigenvalue weighted by Gasteiger charge is -2.27. The highest BCUT2D eigenvalue weighted by atomic mass is 35.5. The molecule has 1 aliphatic rings. The number of fused-ring (bicyclic) bond motifs is 1. The van der Waals surface area contributed by atoms with Gasteiger partial charge in [-0.2, -0.15) is 0 Å². The largest absolute Gasteiger partial charge is 0.354 e. The van der Waals surface area contributed by atoms with E-state index in [2.05, 4.69) is 10.6 Å². The first-order valence-corrected chi connectivity index (χ1v) is 7.55. The van der Waals surface area contributed by atoms with Crippen LogP contribution in [0.25, 0.3) is 0 Å². The van der Waals surface area contributed by atoms with Gasteiger partial charge in [-0.3, -0.25) is 19.7 Å². The molecule has 10 heteroatoms. The van der Waals surface area contributed by atoms with Crippen LogP contribution in [0.5, 0.6) is 0 Å². The van der Waals surface area contributed by atoms with E-state index in [1.165, 1.54) is 17.7 Å². The maximum atomic E-state index is 13.6. The fourth-order valence-electron chi connectivity index (χ4n) is 2.87. The second kappa shape index (κ2) is 6.17. The average molecular weight is 367 g/mol. The third-order valence-electron chi connectivity index (χ3n) is 3.92. The molecule has 3 rings (SSSR count). The van der Waals surface area contributed by atoms with E-state index in [0.29, 0.717) is 0 Å². The van der Waals surface area contributed by atoms with Crippen molar-refractivity contribution >= 4 is 29.1 Å². The van der Waals surface area contributed by atoms with E-state index < -0.39 is 28.6 Å². The third kappa shape index (κ3) is 2.82. The Bertz CT molecular complexity index is 911. The smallest absolute Gasteiger partial charge is 0.293 e. The van der Waals surface area contributed by atoms with Crippen LogP contribution in [0.1, 0.15) is 27.8 Å². The van der Waals surface area contributed by atoms with Crippen molar-refractivity contribution in [3.05, 3.63) is 62.2 Å². The minimum atomic E-state index is -1.05. The monoisotopic (exact) mass is 366 g/mol. The summed E-state index contributed by atoms with van der Waals surface area (Å²) in [5.74, 6) is -1.66. The molecule has 0 spiro atoms. The van der Waals surface area contributed by atoms with Crippen molar-refractivity contribution in [3.8, 4) is 0 Å². The number of benzene rings is 1. The summed E-state index contributed by atoms with van der Waals surface area (Å²) in [6.07, 6.45) is 0. The zero-order chi connectivity index (χ0) is 18.3. The second-order valence-electron chi connectivity index (χ2n) is 5.39. The Hall–Kier alpha value is -2.94. The van der Waals surface area contributed by atoms with E-state index in [9.17, 15) is 24.1 Å². The van der Waals surface area contributed by atoms with Crippen molar-refractivity contribution in [1.29, 1.82) is 0 Å². The van der Waals surface area contributed by atoms with Gasteiger partial charge >= 0.3 is 0 Å². The summed E-state index contributed by atoms with van der Waals surface area (Å²) in [5.41, 5.74) is -0.156. The lowest BCUT2D eigenvalue weighted by molar-refractivity contribution is -0.385. The quantitative estimate of drug-likeness (QED) is 0.637. The number of halogens is 2. The Morgan fingerprint density at radius 3 is 2.84 bits per heavy atom. The van der Waals surface area contributed by atoms with Gasteiger partial charge < -0.3 is 15.2 Å². The average Bonchev–Trinajstić information content (AvgIpc) is 2.95. The van der Waals surface area contributed by atoms with Gasteiger partial charge in [0.05, 0.1) is 4.92 Å². The lowest BCUT2D eigenvalue weighted by Crippen LogP contribution is -2.40. The summed E-state index contributed by atoms with van der Waals surface area (Å²) < 4.78 is 14.9. The highest BCUT2D eigenvalue weighted by Gasteiger charge is 2.38. The topological polar surface area (TPSA) is 106 Å². The molecule has 8 nitrogen and oxygen atoms in total. The molecule has 2 amide bonds. The zero-order valence-electron chi connectivity index (χ0n) is 12.9. The molecule has 0 bridgehead atoms. The number of nitrogens with zero attached hydrogens (tertiary/aromatic N) is 2. The Balaban J connectivity index is 2.28. The number of amides is 2.